The zero-order chi connectivity index (χ0) is 14.8. The summed E-state index contributed by atoms with van der Waals surface area (Å²) in [6.45, 7) is 0. The first-order valence-corrected chi connectivity index (χ1v) is 6.91. The normalized spacial score (nSPS) is 16.4. The van der Waals surface area contributed by atoms with E-state index in [1.165, 1.54) is 36.4 Å². The number of halogens is 1. The molecule has 1 unspecified atom stereocenters. The first-order valence-electron chi connectivity index (χ1n) is 6.91. The molecule has 2 aromatic carbocycles. The van der Waals surface area contributed by atoms with Crippen molar-refractivity contribution in [1.82, 2.24) is 0 Å². The molecule has 0 heterocycles. The number of benzene rings is 2. The van der Waals surface area contributed by atoms with Crippen molar-refractivity contribution in [2.75, 3.05) is 12.4 Å². The van der Waals surface area contributed by atoms with Crippen molar-refractivity contribution in [3.05, 3.63) is 65.0 Å². The number of carbonyl (C=O) groups is 1. The van der Waals surface area contributed by atoms with Crippen LogP contribution < -0.4 is 5.32 Å². The lowest BCUT2D eigenvalue weighted by atomic mass is 10.1. The summed E-state index contributed by atoms with van der Waals surface area (Å²) < 4.78 is 18.2. The molecule has 3 rings (SSSR count). The van der Waals surface area contributed by atoms with Crippen LogP contribution in [0.15, 0.2) is 42.5 Å². The molecule has 0 bridgehead atoms. The average Bonchev–Trinajstić information content (AvgIpc) is 2.90. The van der Waals surface area contributed by atoms with E-state index < -0.39 is 5.97 Å². The van der Waals surface area contributed by atoms with Gasteiger partial charge in [0.25, 0.3) is 0 Å². The zero-order valence-electron chi connectivity index (χ0n) is 11.7. The number of hydrogen-bond acceptors (Lipinski definition) is 3. The van der Waals surface area contributed by atoms with Gasteiger partial charge in [0.1, 0.15) is 5.82 Å². The van der Waals surface area contributed by atoms with Crippen molar-refractivity contribution < 1.29 is 13.9 Å². The number of methoxy groups -OCH3 is 1. The third kappa shape index (κ3) is 2.61. The summed E-state index contributed by atoms with van der Waals surface area (Å²) in [5.74, 6) is -0.847. The third-order valence-corrected chi connectivity index (χ3v) is 3.85. The van der Waals surface area contributed by atoms with E-state index in [0.717, 1.165) is 12.8 Å². The van der Waals surface area contributed by atoms with Crippen LogP contribution in [-0.4, -0.2) is 13.1 Å². The largest absolute Gasteiger partial charge is 0.465 e. The molecule has 0 saturated heterocycles. The van der Waals surface area contributed by atoms with E-state index >= 15 is 0 Å². The van der Waals surface area contributed by atoms with Gasteiger partial charge < -0.3 is 10.1 Å². The second-order valence-corrected chi connectivity index (χ2v) is 5.12. The predicted molar refractivity (Wildman–Crippen MR) is 78.9 cm³/mol. The maximum Gasteiger partial charge on any atom is 0.339 e. The number of ether oxygens (including phenoxy) is 1. The molecule has 3 nitrogen and oxygen atoms in total. The molecule has 1 N–H and O–H groups in total. The second kappa shape index (κ2) is 5.56. The van der Waals surface area contributed by atoms with Gasteiger partial charge in [-0.3, -0.25) is 0 Å². The molecule has 4 heteroatoms. The summed E-state index contributed by atoms with van der Waals surface area (Å²) in [7, 11) is 1.32. The highest BCUT2D eigenvalue weighted by Gasteiger charge is 2.23. The fourth-order valence-corrected chi connectivity index (χ4v) is 2.82. The van der Waals surface area contributed by atoms with E-state index in [1.54, 1.807) is 0 Å². The van der Waals surface area contributed by atoms with Crippen LogP contribution in [0.25, 0.3) is 0 Å². The Bertz CT molecular complexity index is 684. The lowest BCUT2D eigenvalue weighted by molar-refractivity contribution is 0.0601. The molecule has 1 aliphatic carbocycles. The van der Waals surface area contributed by atoms with E-state index in [0.29, 0.717) is 11.3 Å². The minimum Gasteiger partial charge on any atom is -0.465 e. The Morgan fingerprint density at radius 2 is 2.10 bits per heavy atom. The van der Waals surface area contributed by atoms with Crippen molar-refractivity contribution >= 4 is 11.7 Å². The smallest absolute Gasteiger partial charge is 0.339 e. The molecular formula is C17H16FNO2. The van der Waals surface area contributed by atoms with Gasteiger partial charge >= 0.3 is 5.97 Å². The van der Waals surface area contributed by atoms with Crippen LogP contribution in [-0.2, 0) is 11.2 Å². The molecule has 0 aromatic heterocycles. The molecule has 0 aliphatic heterocycles. The van der Waals surface area contributed by atoms with E-state index in [-0.39, 0.29) is 11.9 Å². The molecule has 0 spiro atoms. The fourth-order valence-electron chi connectivity index (χ4n) is 2.82. The van der Waals surface area contributed by atoms with Gasteiger partial charge in [-0.25, -0.2) is 9.18 Å². The van der Waals surface area contributed by atoms with Gasteiger partial charge in [-0.1, -0.05) is 24.3 Å². The van der Waals surface area contributed by atoms with Crippen molar-refractivity contribution in [2.45, 2.75) is 18.9 Å². The number of fused-ring (bicyclic) bond motifs is 1. The van der Waals surface area contributed by atoms with Crippen molar-refractivity contribution in [1.29, 1.82) is 0 Å². The standard InChI is InChI=1S/C17H16FNO2/c1-21-17(20)14-8-7-12(18)10-16(14)19-15-9-6-11-4-2-3-5-13(11)15/h2-5,7-8,10,15,19H,6,9H2,1H3. The van der Waals surface area contributed by atoms with Crippen LogP contribution >= 0.6 is 0 Å². The summed E-state index contributed by atoms with van der Waals surface area (Å²) in [4.78, 5) is 11.8. The van der Waals surface area contributed by atoms with Gasteiger partial charge in [0.2, 0.25) is 0 Å². The van der Waals surface area contributed by atoms with Crippen LogP contribution in [0, 0.1) is 5.82 Å². The van der Waals surface area contributed by atoms with Crippen molar-refractivity contribution in [3.8, 4) is 0 Å². The minimum absolute atomic E-state index is 0.0893. The molecule has 2 aromatic rings. The Balaban J connectivity index is 1.92. The monoisotopic (exact) mass is 285 g/mol. The molecular weight excluding hydrogens is 269 g/mol. The summed E-state index contributed by atoms with van der Waals surface area (Å²) in [5, 5.41) is 3.28. The van der Waals surface area contributed by atoms with E-state index in [1.807, 2.05) is 12.1 Å². The predicted octanol–water partition coefficient (Wildman–Crippen LogP) is 3.71. The van der Waals surface area contributed by atoms with Gasteiger partial charge in [-0.15, -0.1) is 0 Å². The highest BCUT2D eigenvalue weighted by atomic mass is 19.1. The fraction of sp³-hybridized carbons (Fsp3) is 0.235. The molecule has 108 valence electrons. The number of carbonyl (C=O) groups excluding carboxylic acids is 1. The summed E-state index contributed by atoms with van der Waals surface area (Å²) in [6.07, 6.45) is 1.91. The van der Waals surface area contributed by atoms with Gasteiger partial charge in [0, 0.05) is 0 Å². The zero-order valence-corrected chi connectivity index (χ0v) is 11.7. The molecule has 0 saturated carbocycles. The van der Waals surface area contributed by atoms with Gasteiger partial charge in [0.05, 0.1) is 24.4 Å². The minimum atomic E-state index is -0.469. The van der Waals surface area contributed by atoms with Crippen molar-refractivity contribution in [3.63, 3.8) is 0 Å². The van der Waals surface area contributed by atoms with Gasteiger partial charge in [0.15, 0.2) is 0 Å². The van der Waals surface area contributed by atoms with Crippen molar-refractivity contribution in [2.24, 2.45) is 0 Å². The van der Waals surface area contributed by atoms with Crippen LogP contribution in [0.2, 0.25) is 0 Å². The highest BCUT2D eigenvalue weighted by Crippen LogP contribution is 2.34. The summed E-state index contributed by atoms with van der Waals surface area (Å²) in [6, 6.07) is 12.3. The van der Waals surface area contributed by atoms with Gasteiger partial charge in [-0.2, -0.15) is 0 Å². The number of nitrogens with one attached hydrogen (secondary N) is 1. The quantitative estimate of drug-likeness (QED) is 0.874. The maximum absolute atomic E-state index is 13.5. The second-order valence-electron chi connectivity index (χ2n) is 5.12. The number of anilines is 1. The Morgan fingerprint density at radius 1 is 1.29 bits per heavy atom. The molecule has 0 fully saturated rings. The Hall–Kier alpha value is -2.36. The lowest BCUT2D eigenvalue weighted by Gasteiger charge is -2.18. The summed E-state index contributed by atoms with van der Waals surface area (Å²) in [5.41, 5.74) is 3.33. The van der Waals surface area contributed by atoms with Crippen LogP contribution in [0.5, 0.6) is 0 Å². The van der Waals surface area contributed by atoms with Gasteiger partial charge in [-0.05, 0) is 42.2 Å². The molecule has 1 atom stereocenters. The first kappa shape index (κ1) is 13.6. The molecule has 1 aliphatic rings. The Labute approximate surface area is 122 Å². The Kier molecular flexibility index (Phi) is 3.60. The van der Waals surface area contributed by atoms with E-state index in [2.05, 4.69) is 17.4 Å². The van der Waals surface area contributed by atoms with Crippen LogP contribution in [0.1, 0.15) is 33.9 Å². The Morgan fingerprint density at radius 3 is 2.90 bits per heavy atom. The number of rotatable bonds is 3. The average molecular weight is 285 g/mol. The SMILES string of the molecule is COC(=O)c1ccc(F)cc1NC1CCc2ccccc21. The molecule has 0 amide bonds. The number of esters is 1. The molecule has 0 radical (unpaired) electrons. The van der Waals surface area contributed by atoms with E-state index in [9.17, 15) is 9.18 Å². The highest BCUT2D eigenvalue weighted by molar-refractivity contribution is 5.95. The third-order valence-electron chi connectivity index (χ3n) is 3.85. The van der Waals surface area contributed by atoms with Crippen LogP contribution in [0.3, 0.4) is 0 Å². The lowest BCUT2D eigenvalue weighted by Crippen LogP contribution is -2.12. The number of aryl methyl sites for hydroxylation is 1. The summed E-state index contributed by atoms with van der Waals surface area (Å²) >= 11 is 0. The van der Waals surface area contributed by atoms with Crippen LogP contribution in [0.4, 0.5) is 10.1 Å². The molecule has 21 heavy (non-hydrogen) atoms. The topological polar surface area (TPSA) is 38.3 Å². The van der Waals surface area contributed by atoms with E-state index in [4.69, 9.17) is 4.74 Å². The number of hydrogen-bond donors (Lipinski definition) is 1. The maximum atomic E-state index is 13.5. The first-order chi connectivity index (χ1) is 10.2.